The van der Waals surface area contributed by atoms with Crippen LogP contribution in [0.3, 0.4) is 0 Å². The summed E-state index contributed by atoms with van der Waals surface area (Å²) in [5, 5.41) is 6.36. The van der Waals surface area contributed by atoms with E-state index in [1.54, 1.807) is 0 Å². The standard InChI is InChI=1S/C11H23N3O/c1-4-9-8-14(11(15)12-6-3)10(5-2)7-13-9/h9-10,13H,4-8H2,1-3H3,(H,12,15). The quantitative estimate of drug-likeness (QED) is 0.739. The molecule has 0 bridgehead atoms. The van der Waals surface area contributed by atoms with Crippen LogP contribution >= 0.6 is 0 Å². The van der Waals surface area contributed by atoms with Crippen molar-refractivity contribution in [2.75, 3.05) is 19.6 Å². The molecule has 0 spiro atoms. The predicted octanol–water partition coefficient (Wildman–Crippen LogP) is 1.18. The van der Waals surface area contributed by atoms with E-state index in [-0.39, 0.29) is 6.03 Å². The van der Waals surface area contributed by atoms with Gasteiger partial charge >= 0.3 is 6.03 Å². The number of urea groups is 1. The van der Waals surface area contributed by atoms with E-state index < -0.39 is 0 Å². The second kappa shape index (κ2) is 5.95. The average Bonchev–Trinajstić information content (AvgIpc) is 2.28. The van der Waals surface area contributed by atoms with Crippen LogP contribution in [0.1, 0.15) is 33.6 Å². The number of hydrogen-bond acceptors (Lipinski definition) is 2. The molecule has 2 amide bonds. The summed E-state index contributed by atoms with van der Waals surface area (Å²) in [5.74, 6) is 0. The molecule has 1 rings (SSSR count). The fraction of sp³-hybridized carbons (Fsp3) is 0.909. The lowest BCUT2D eigenvalue weighted by Crippen LogP contribution is -2.59. The number of hydrogen-bond donors (Lipinski definition) is 2. The zero-order chi connectivity index (χ0) is 11.3. The maximum atomic E-state index is 11.8. The molecular formula is C11H23N3O. The molecule has 1 saturated heterocycles. The Hall–Kier alpha value is -0.770. The minimum absolute atomic E-state index is 0.0873. The molecule has 0 aromatic heterocycles. The molecule has 2 N–H and O–H groups in total. The van der Waals surface area contributed by atoms with Gasteiger partial charge in [0, 0.05) is 31.7 Å². The molecule has 4 heteroatoms. The van der Waals surface area contributed by atoms with Crippen LogP contribution in [0.25, 0.3) is 0 Å². The van der Waals surface area contributed by atoms with Crippen LogP contribution in [-0.4, -0.2) is 42.6 Å². The SMILES string of the molecule is CCNC(=O)N1CC(CC)NCC1CC. The molecule has 2 atom stereocenters. The summed E-state index contributed by atoms with van der Waals surface area (Å²) in [4.78, 5) is 13.8. The Kier molecular flexibility index (Phi) is 4.88. The largest absolute Gasteiger partial charge is 0.338 e. The molecule has 4 nitrogen and oxygen atoms in total. The van der Waals surface area contributed by atoms with E-state index in [9.17, 15) is 4.79 Å². The van der Waals surface area contributed by atoms with Crippen molar-refractivity contribution in [3.63, 3.8) is 0 Å². The van der Waals surface area contributed by atoms with Crippen molar-refractivity contribution in [1.29, 1.82) is 0 Å². The molecule has 88 valence electrons. The van der Waals surface area contributed by atoms with E-state index in [1.165, 1.54) is 0 Å². The Bertz CT molecular complexity index is 208. The van der Waals surface area contributed by atoms with E-state index in [2.05, 4.69) is 24.5 Å². The maximum Gasteiger partial charge on any atom is 0.317 e. The number of nitrogens with zero attached hydrogens (tertiary/aromatic N) is 1. The Morgan fingerprint density at radius 3 is 2.67 bits per heavy atom. The second-order valence-electron chi connectivity index (χ2n) is 4.06. The van der Waals surface area contributed by atoms with Crippen LogP contribution in [0, 0.1) is 0 Å². The first-order valence-corrected chi connectivity index (χ1v) is 6.00. The van der Waals surface area contributed by atoms with Gasteiger partial charge in [-0.05, 0) is 19.8 Å². The summed E-state index contributed by atoms with van der Waals surface area (Å²) >= 11 is 0. The first-order chi connectivity index (χ1) is 7.22. The lowest BCUT2D eigenvalue weighted by atomic mass is 10.1. The summed E-state index contributed by atoms with van der Waals surface area (Å²) in [7, 11) is 0. The van der Waals surface area contributed by atoms with Gasteiger partial charge in [0.2, 0.25) is 0 Å². The first-order valence-electron chi connectivity index (χ1n) is 6.00. The smallest absolute Gasteiger partial charge is 0.317 e. The lowest BCUT2D eigenvalue weighted by molar-refractivity contribution is 0.137. The second-order valence-corrected chi connectivity index (χ2v) is 4.06. The topological polar surface area (TPSA) is 44.4 Å². The summed E-state index contributed by atoms with van der Waals surface area (Å²) in [6.07, 6.45) is 2.09. The van der Waals surface area contributed by atoms with Gasteiger partial charge in [-0.1, -0.05) is 13.8 Å². The van der Waals surface area contributed by atoms with Crippen molar-refractivity contribution in [3.8, 4) is 0 Å². The summed E-state index contributed by atoms with van der Waals surface area (Å²) in [6.45, 7) is 8.70. The number of rotatable bonds is 3. The summed E-state index contributed by atoms with van der Waals surface area (Å²) < 4.78 is 0. The van der Waals surface area contributed by atoms with Gasteiger partial charge in [-0.3, -0.25) is 0 Å². The zero-order valence-corrected chi connectivity index (χ0v) is 10.0. The third-order valence-corrected chi connectivity index (χ3v) is 3.05. The van der Waals surface area contributed by atoms with Gasteiger partial charge in [0.15, 0.2) is 0 Å². The molecule has 0 aliphatic carbocycles. The number of piperazine rings is 1. The highest BCUT2D eigenvalue weighted by Gasteiger charge is 2.28. The zero-order valence-electron chi connectivity index (χ0n) is 10.0. The number of nitrogens with one attached hydrogen (secondary N) is 2. The van der Waals surface area contributed by atoms with Crippen molar-refractivity contribution in [3.05, 3.63) is 0 Å². The molecule has 1 aliphatic heterocycles. The van der Waals surface area contributed by atoms with Gasteiger partial charge in [0.1, 0.15) is 0 Å². The van der Waals surface area contributed by atoms with Crippen LogP contribution in [0.2, 0.25) is 0 Å². The lowest BCUT2D eigenvalue weighted by Gasteiger charge is -2.39. The molecule has 0 aromatic rings. The van der Waals surface area contributed by atoms with E-state index >= 15 is 0 Å². The van der Waals surface area contributed by atoms with Gasteiger partial charge in [-0.15, -0.1) is 0 Å². The third-order valence-electron chi connectivity index (χ3n) is 3.05. The fourth-order valence-corrected chi connectivity index (χ4v) is 2.00. The number of amides is 2. The molecule has 1 heterocycles. The van der Waals surface area contributed by atoms with Crippen molar-refractivity contribution >= 4 is 6.03 Å². The monoisotopic (exact) mass is 213 g/mol. The maximum absolute atomic E-state index is 11.8. The van der Waals surface area contributed by atoms with Crippen LogP contribution < -0.4 is 10.6 Å². The normalized spacial score (nSPS) is 26.5. The molecule has 0 saturated carbocycles. The van der Waals surface area contributed by atoms with E-state index in [1.807, 2.05) is 11.8 Å². The van der Waals surface area contributed by atoms with E-state index in [0.29, 0.717) is 18.6 Å². The van der Waals surface area contributed by atoms with Crippen LogP contribution in [0.5, 0.6) is 0 Å². The van der Waals surface area contributed by atoms with Crippen molar-refractivity contribution in [2.45, 2.75) is 45.7 Å². The van der Waals surface area contributed by atoms with Crippen molar-refractivity contribution in [2.24, 2.45) is 0 Å². The molecule has 2 unspecified atom stereocenters. The highest BCUT2D eigenvalue weighted by atomic mass is 16.2. The van der Waals surface area contributed by atoms with Gasteiger partial charge in [-0.2, -0.15) is 0 Å². The summed E-state index contributed by atoms with van der Waals surface area (Å²) in [5.41, 5.74) is 0. The van der Waals surface area contributed by atoms with Crippen molar-refractivity contribution in [1.82, 2.24) is 15.5 Å². The molecule has 0 aromatic carbocycles. The highest BCUT2D eigenvalue weighted by molar-refractivity contribution is 5.74. The molecule has 1 fully saturated rings. The van der Waals surface area contributed by atoms with Crippen LogP contribution in [0.4, 0.5) is 4.79 Å². The molecule has 0 radical (unpaired) electrons. The van der Waals surface area contributed by atoms with Crippen LogP contribution in [0.15, 0.2) is 0 Å². The van der Waals surface area contributed by atoms with Crippen molar-refractivity contribution < 1.29 is 4.79 Å². The van der Waals surface area contributed by atoms with Gasteiger partial charge in [0.05, 0.1) is 0 Å². The van der Waals surface area contributed by atoms with Gasteiger partial charge < -0.3 is 15.5 Å². The summed E-state index contributed by atoms with van der Waals surface area (Å²) in [6, 6.07) is 0.888. The Balaban J connectivity index is 2.58. The minimum Gasteiger partial charge on any atom is -0.338 e. The molecule has 1 aliphatic rings. The van der Waals surface area contributed by atoms with E-state index in [0.717, 1.165) is 25.9 Å². The minimum atomic E-state index is 0.0873. The van der Waals surface area contributed by atoms with Gasteiger partial charge in [-0.25, -0.2) is 4.79 Å². The van der Waals surface area contributed by atoms with E-state index in [4.69, 9.17) is 0 Å². The number of carbonyl (C=O) groups is 1. The van der Waals surface area contributed by atoms with Crippen LogP contribution in [-0.2, 0) is 0 Å². The Labute approximate surface area is 92.4 Å². The average molecular weight is 213 g/mol. The molecular weight excluding hydrogens is 190 g/mol. The number of carbonyl (C=O) groups excluding carboxylic acids is 1. The highest BCUT2D eigenvalue weighted by Crippen LogP contribution is 2.11. The fourth-order valence-electron chi connectivity index (χ4n) is 2.00. The predicted molar refractivity (Wildman–Crippen MR) is 61.9 cm³/mol. The first kappa shape index (κ1) is 12.3. The Morgan fingerprint density at radius 2 is 2.13 bits per heavy atom. The Morgan fingerprint density at radius 1 is 1.40 bits per heavy atom. The third kappa shape index (κ3) is 3.09. The van der Waals surface area contributed by atoms with Gasteiger partial charge in [0.25, 0.3) is 0 Å². The molecule has 15 heavy (non-hydrogen) atoms.